The predicted octanol–water partition coefficient (Wildman–Crippen LogP) is 2.13. The molecule has 0 bridgehead atoms. The van der Waals surface area contributed by atoms with Crippen molar-refractivity contribution >= 4 is 17.8 Å². The Balaban J connectivity index is 1.88. The zero-order valence-electron chi connectivity index (χ0n) is 12.8. The van der Waals surface area contributed by atoms with Crippen molar-refractivity contribution in [3.05, 3.63) is 64.2 Å². The minimum Gasteiger partial charge on any atom is -0.497 e. The molecular formula is C16H15N3O5. The third kappa shape index (κ3) is 4.80. The highest BCUT2D eigenvalue weighted by Gasteiger charge is 2.10. The first-order valence-corrected chi connectivity index (χ1v) is 6.92. The highest BCUT2D eigenvalue weighted by Crippen LogP contribution is 2.18. The van der Waals surface area contributed by atoms with Crippen LogP contribution in [0.4, 0.5) is 5.69 Å². The molecule has 0 aliphatic rings. The van der Waals surface area contributed by atoms with E-state index in [4.69, 9.17) is 9.47 Å². The number of nitro groups is 1. The number of methoxy groups -OCH3 is 1. The van der Waals surface area contributed by atoms with Crippen molar-refractivity contribution in [1.82, 2.24) is 5.43 Å². The lowest BCUT2D eigenvalue weighted by atomic mass is 10.2. The molecule has 0 spiro atoms. The molecule has 8 nitrogen and oxygen atoms in total. The van der Waals surface area contributed by atoms with Crippen LogP contribution in [-0.2, 0) is 4.79 Å². The normalized spacial score (nSPS) is 10.4. The summed E-state index contributed by atoms with van der Waals surface area (Å²) in [6.45, 7) is -0.249. The smallest absolute Gasteiger partial charge is 0.278 e. The number of carbonyl (C=O) groups excluding carboxylic acids is 1. The topological polar surface area (TPSA) is 103 Å². The van der Waals surface area contributed by atoms with E-state index in [-0.39, 0.29) is 17.9 Å². The van der Waals surface area contributed by atoms with Gasteiger partial charge in [-0.1, -0.05) is 18.2 Å². The number of rotatable bonds is 7. The van der Waals surface area contributed by atoms with Crippen LogP contribution in [0.1, 0.15) is 5.56 Å². The number of benzene rings is 2. The first-order valence-electron chi connectivity index (χ1n) is 6.92. The number of nitrogens with one attached hydrogen (secondary N) is 1. The lowest BCUT2D eigenvalue weighted by molar-refractivity contribution is -0.385. The number of amides is 1. The summed E-state index contributed by atoms with van der Waals surface area (Å²) in [5.74, 6) is 0.599. The van der Waals surface area contributed by atoms with Crippen LogP contribution in [0.2, 0.25) is 0 Å². The van der Waals surface area contributed by atoms with Gasteiger partial charge >= 0.3 is 0 Å². The van der Waals surface area contributed by atoms with Crippen LogP contribution in [-0.4, -0.2) is 30.8 Å². The maximum Gasteiger partial charge on any atom is 0.278 e. The highest BCUT2D eigenvalue weighted by atomic mass is 16.6. The Morgan fingerprint density at radius 2 is 2.00 bits per heavy atom. The molecule has 2 aromatic rings. The second-order valence-electron chi connectivity index (χ2n) is 4.58. The van der Waals surface area contributed by atoms with Crippen LogP contribution in [0, 0.1) is 10.1 Å². The molecule has 0 aliphatic heterocycles. The van der Waals surface area contributed by atoms with Gasteiger partial charge in [0.05, 0.1) is 23.8 Å². The fraction of sp³-hybridized carbons (Fsp3) is 0.125. The first kappa shape index (κ1) is 16.9. The fourth-order valence-electron chi connectivity index (χ4n) is 1.81. The van der Waals surface area contributed by atoms with Gasteiger partial charge in [-0.15, -0.1) is 0 Å². The Morgan fingerprint density at radius 1 is 1.25 bits per heavy atom. The molecule has 0 saturated heterocycles. The predicted molar refractivity (Wildman–Crippen MR) is 87.3 cm³/mol. The van der Waals surface area contributed by atoms with E-state index < -0.39 is 10.8 Å². The van der Waals surface area contributed by atoms with E-state index in [9.17, 15) is 14.9 Å². The van der Waals surface area contributed by atoms with Gasteiger partial charge in [-0.25, -0.2) is 5.43 Å². The molecular weight excluding hydrogens is 314 g/mol. The van der Waals surface area contributed by atoms with Crippen molar-refractivity contribution in [2.45, 2.75) is 0 Å². The summed E-state index contributed by atoms with van der Waals surface area (Å²) in [6, 6.07) is 12.9. The van der Waals surface area contributed by atoms with Crippen molar-refractivity contribution in [1.29, 1.82) is 0 Å². The third-order valence-corrected chi connectivity index (χ3v) is 2.94. The number of nitrogens with zero attached hydrogens (tertiary/aromatic N) is 2. The molecule has 0 radical (unpaired) electrons. The summed E-state index contributed by atoms with van der Waals surface area (Å²) in [5, 5.41) is 14.6. The molecule has 0 aliphatic carbocycles. The molecule has 0 unspecified atom stereocenters. The zero-order valence-corrected chi connectivity index (χ0v) is 12.8. The van der Waals surface area contributed by atoms with Gasteiger partial charge in [-0.05, 0) is 18.2 Å². The Bertz CT molecular complexity index is 761. The summed E-state index contributed by atoms with van der Waals surface area (Å²) in [5.41, 5.74) is 2.44. The monoisotopic (exact) mass is 329 g/mol. The van der Waals surface area contributed by atoms with Crippen molar-refractivity contribution in [2.24, 2.45) is 5.10 Å². The zero-order chi connectivity index (χ0) is 17.4. The summed E-state index contributed by atoms with van der Waals surface area (Å²) < 4.78 is 10.3. The molecule has 1 N–H and O–H groups in total. The second-order valence-corrected chi connectivity index (χ2v) is 4.58. The minimum atomic E-state index is -0.519. The molecule has 0 atom stereocenters. The Labute approximate surface area is 137 Å². The van der Waals surface area contributed by atoms with Gasteiger partial charge in [0, 0.05) is 12.1 Å². The minimum absolute atomic E-state index is 0.0943. The van der Waals surface area contributed by atoms with E-state index in [1.165, 1.54) is 25.5 Å². The Morgan fingerprint density at radius 3 is 2.75 bits per heavy atom. The third-order valence-electron chi connectivity index (χ3n) is 2.94. The molecule has 0 heterocycles. The van der Waals surface area contributed by atoms with Gasteiger partial charge in [-0.3, -0.25) is 14.9 Å². The number of nitro benzene ring substituents is 1. The van der Waals surface area contributed by atoms with Gasteiger partial charge in [0.2, 0.25) is 0 Å². The van der Waals surface area contributed by atoms with E-state index in [0.29, 0.717) is 11.5 Å². The quantitative estimate of drug-likeness (QED) is 0.476. The SMILES string of the molecule is COc1cccc(OCC(=O)N/N=C/c2ccccc2[N+](=O)[O-])c1. The van der Waals surface area contributed by atoms with E-state index in [0.717, 1.165) is 0 Å². The van der Waals surface area contributed by atoms with Gasteiger partial charge in [0.25, 0.3) is 11.6 Å². The van der Waals surface area contributed by atoms with Gasteiger partial charge in [0.15, 0.2) is 6.61 Å². The average molecular weight is 329 g/mol. The van der Waals surface area contributed by atoms with Gasteiger partial charge in [-0.2, -0.15) is 5.10 Å². The molecule has 0 aromatic heterocycles. The lowest BCUT2D eigenvalue weighted by Crippen LogP contribution is -2.24. The molecule has 0 fully saturated rings. The van der Waals surface area contributed by atoms with E-state index in [1.807, 2.05) is 0 Å². The van der Waals surface area contributed by atoms with Crippen molar-refractivity contribution in [2.75, 3.05) is 13.7 Å². The van der Waals surface area contributed by atoms with E-state index >= 15 is 0 Å². The second kappa shape index (κ2) is 8.28. The van der Waals surface area contributed by atoms with Crippen LogP contribution >= 0.6 is 0 Å². The number of hydrogen-bond donors (Lipinski definition) is 1. The van der Waals surface area contributed by atoms with Gasteiger partial charge < -0.3 is 9.47 Å². The van der Waals surface area contributed by atoms with Crippen LogP contribution in [0.25, 0.3) is 0 Å². The number of carbonyl (C=O) groups is 1. The van der Waals surface area contributed by atoms with Crippen LogP contribution in [0.5, 0.6) is 11.5 Å². The summed E-state index contributed by atoms with van der Waals surface area (Å²) in [4.78, 5) is 22.0. The number of hydrazone groups is 1. The number of para-hydroxylation sites is 1. The molecule has 2 aromatic carbocycles. The maximum absolute atomic E-state index is 11.7. The summed E-state index contributed by atoms with van der Waals surface area (Å²) in [6.07, 6.45) is 1.21. The maximum atomic E-state index is 11.7. The Hall–Kier alpha value is -3.42. The molecule has 8 heteroatoms. The molecule has 2 rings (SSSR count). The number of hydrogen-bond acceptors (Lipinski definition) is 6. The summed E-state index contributed by atoms with van der Waals surface area (Å²) in [7, 11) is 1.53. The lowest BCUT2D eigenvalue weighted by Gasteiger charge is -2.06. The van der Waals surface area contributed by atoms with Crippen molar-refractivity contribution < 1.29 is 19.2 Å². The fourth-order valence-corrected chi connectivity index (χ4v) is 1.81. The van der Waals surface area contributed by atoms with Gasteiger partial charge in [0.1, 0.15) is 11.5 Å². The molecule has 0 saturated carbocycles. The van der Waals surface area contributed by atoms with Crippen LogP contribution in [0.15, 0.2) is 53.6 Å². The van der Waals surface area contributed by atoms with Crippen LogP contribution < -0.4 is 14.9 Å². The standard InChI is InChI=1S/C16H15N3O5/c1-23-13-6-4-7-14(9-13)24-11-16(20)18-17-10-12-5-2-3-8-15(12)19(21)22/h2-10H,11H2,1H3,(H,18,20)/b17-10+. The van der Waals surface area contributed by atoms with Crippen molar-refractivity contribution in [3.63, 3.8) is 0 Å². The summed E-state index contributed by atoms with van der Waals surface area (Å²) >= 11 is 0. The van der Waals surface area contributed by atoms with Crippen LogP contribution in [0.3, 0.4) is 0 Å². The highest BCUT2D eigenvalue weighted by molar-refractivity contribution is 5.86. The molecule has 1 amide bonds. The van der Waals surface area contributed by atoms with Crippen molar-refractivity contribution in [3.8, 4) is 11.5 Å². The van der Waals surface area contributed by atoms with E-state index in [2.05, 4.69) is 10.5 Å². The molecule has 124 valence electrons. The average Bonchev–Trinajstić information content (AvgIpc) is 2.60. The van der Waals surface area contributed by atoms with E-state index in [1.54, 1.807) is 36.4 Å². The molecule has 24 heavy (non-hydrogen) atoms. The Kier molecular flexibility index (Phi) is 5.84. The first-order chi connectivity index (χ1) is 11.6. The number of ether oxygens (including phenoxy) is 2. The largest absolute Gasteiger partial charge is 0.497 e.